The molecule has 33 atom stereocenters. The summed E-state index contributed by atoms with van der Waals surface area (Å²) >= 11 is 0. The molecule has 85 heavy (non-hydrogen) atoms. The fourth-order valence-electron chi connectivity index (χ4n) is 16.0. The number of fused-ring (bicyclic) bond motifs is 5. The Labute approximate surface area is 518 Å². The zero-order valence-electron chi connectivity index (χ0n) is 50.4. The van der Waals surface area contributed by atoms with E-state index in [4.69, 9.17) is 47.4 Å². The van der Waals surface area contributed by atoms with Gasteiger partial charge in [0, 0.05) is 18.1 Å². The summed E-state index contributed by atoms with van der Waals surface area (Å²) in [5, 5.41) is 134. The van der Waals surface area contributed by atoms with E-state index in [0.29, 0.717) is 25.7 Å². The minimum Gasteiger partial charge on any atom is -0.748 e. The van der Waals surface area contributed by atoms with E-state index in [0.717, 1.165) is 24.8 Å². The van der Waals surface area contributed by atoms with Crippen LogP contribution in [0.4, 0.5) is 0 Å². The summed E-state index contributed by atoms with van der Waals surface area (Å²) in [7, 11) is -4.77. The molecule has 9 aliphatic rings. The van der Waals surface area contributed by atoms with Gasteiger partial charge in [-0.25, -0.2) is 8.42 Å². The molecule has 4 aliphatic carbocycles. The van der Waals surface area contributed by atoms with Gasteiger partial charge in [0.1, 0.15) is 97.3 Å². The topological polar surface area (TPSA) is 409 Å². The smallest absolute Gasteiger partial charge is 0.748 e. The van der Waals surface area contributed by atoms with Crippen LogP contribution in [0.3, 0.4) is 0 Å². The van der Waals surface area contributed by atoms with Crippen LogP contribution in [-0.2, 0) is 62.3 Å². The van der Waals surface area contributed by atoms with Crippen LogP contribution in [0.1, 0.15) is 127 Å². The summed E-state index contributed by atoms with van der Waals surface area (Å²) in [6, 6.07) is 0. The second-order valence-corrected chi connectivity index (χ2v) is 28.6. The van der Waals surface area contributed by atoms with Crippen molar-refractivity contribution in [3.63, 3.8) is 0 Å². The molecule has 26 nitrogen and oxygen atoms in total. The van der Waals surface area contributed by atoms with Gasteiger partial charge in [-0.15, -0.1) is 0 Å². The number of hydrogen-bond acceptors (Lipinski definition) is 26. The van der Waals surface area contributed by atoms with Crippen LogP contribution in [0.25, 0.3) is 0 Å². The van der Waals surface area contributed by atoms with Crippen LogP contribution >= 0.6 is 0 Å². The molecule has 0 spiro atoms. The Kier molecular flexibility index (Phi) is 22.2. The van der Waals surface area contributed by atoms with Crippen LogP contribution in [-0.4, -0.2) is 245 Å². The summed E-state index contributed by atoms with van der Waals surface area (Å²) in [5.41, 5.74) is 0.279. The molecule has 3 saturated carbocycles. The second-order valence-electron chi connectivity index (χ2n) is 26.9. The fraction of sp³-hybridized carbons (Fsp3) is 0.947. The maximum absolute atomic E-state index is 13.2. The summed E-state index contributed by atoms with van der Waals surface area (Å²) in [6.45, 7) is 17.3. The van der Waals surface area contributed by atoms with Crippen molar-refractivity contribution in [3.8, 4) is 0 Å². The van der Waals surface area contributed by atoms with Crippen LogP contribution < -0.4 is 29.6 Å². The van der Waals surface area contributed by atoms with Crippen molar-refractivity contribution < 1.29 is 156 Å². The quantitative estimate of drug-likeness (QED) is 0.0301. The first-order valence-corrected chi connectivity index (χ1v) is 31.5. The Morgan fingerprint density at radius 1 is 0.600 bits per heavy atom. The monoisotopic (exact) mass is 1250 g/mol. The van der Waals surface area contributed by atoms with Gasteiger partial charge in [-0.1, -0.05) is 46.3 Å². The molecular formula is C57H93NaO26S. The third-order valence-electron chi connectivity index (χ3n) is 20.9. The molecule has 484 valence electrons. The van der Waals surface area contributed by atoms with E-state index in [2.05, 4.69) is 26.8 Å². The molecular weight excluding hydrogens is 1160 g/mol. The maximum atomic E-state index is 13.2. The van der Waals surface area contributed by atoms with E-state index in [1.54, 1.807) is 0 Å². The summed E-state index contributed by atoms with van der Waals surface area (Å²) in [6.07, 6.45) is -35.8. The maximum Gasteiger partial charge on any atom is 1.00 e. The summed E-state index contributed by atoms with van der Waals surface area (Å²) in [5.74, 6) is -2.86. The normalized spacial score (nSPS) is 51.4. The van der Waals surface area contributed by atoms with Gasteiger partial charge in [-0.2, -0.15) is 0 Å². The molecule has 0 aromatic rings. The Bertz CT molecular complexity index is 2430. The Balaban J connectivity index is 0.00000940. The average molecular weight is 1250 g/mol. The zero-order valence-corrected chi connectivity index (χ0v) is 53.2. The van der Waals surface area contributed by atoms with Crippen LogP contribution in [0.15, 0.2) is 11.6 Å². The molecule has 12 N–H and O–H groups in total. The van der Waals surface area contributed by atoms with Gasteiger partial charge < -0.3 is 113 Å². The first-order valence-electron chi connectivity index (χ1n) is 30.1. The van der Waals surface area contributed by atoms with Crippen molar-refractivity contribution in [2.45, 2.75) is 292 Å². The van der Waals surface area contributed by atoms with Crippen molar-refractivity contribution in [2.75, 3.05) is 0 Å². The van der Waals surface area contributed by atoms with Gasteiger partial charge >= 0.3 is 29.6 Å². The summed E-state index contributed by atoms with van der Waals surface area (Å²) in [4.78, 5) is 13.2. The average Bonchev–Trinajstić information content (AvgIpc) is 2.40. The first-order chi connectivity index (χ1) is 39.1. The van der Waals surface area contributed by atoms with E-state index >= 15 is 0 Å². The van der Waals surface area contributed by atoms with Gasteiger partial charge in [0.05, 0.1) is 40.6 Å². The molecule has 5 saturated heterocycles. The van der Waals surface area contributed by atoms with E-state index < -0.39 is 186 Å². The number of hydrogen-bond donors (Lipinski definition) is 12. The Morgan fingerprint density at radius 2 is 1.11 bits per heavy atom. The number of Topliss-reactive ketones (excluding diaryl/α,β-unsaturated/α-hetero) is 1. The van der Waals surface area contributed by atoms with Gasteiger partial charge in [0.25, 0.3) is 0 Å². The van der Waals surface area contributed by atoms with Gasteiger partial charge in [-0.05, 0) is 126 Å². The van der Waals surface area contributed by atoms with E-state index in [9.17, 15) is 79.0 Å². The predicted molar refractivity (Wildman–Crippen MR) is 286 cm³/mol. The van der Waals surface area contributed by atoms with E-state index in [1.807, 2.05) is 13.8 Å². The Hall–Kier alpha value is -0.560. The van der Waals surface area contributed by atoms with Crippen molar-refractivity contribution >= 4 is 15.9 Å². The zero-order chi connectivity index (χ0) is 61.8. The molecule has 0 radical (unpaired) electrons. The molecule has 28 heteroatoms. The minimum atomic E-state index is -4.77. The standard InChI is InChI=1S/C57H94O26S.Na/c1-21(2)17-28(58)18-22(3)31-11-12-32-30-20-35(34-19-29(84(71,72)73)13-15-56(34,10)33(30)14-16-55(31,32)9)79-52-45(68)49(57(69,70)27(8)78-52)83-54-48(82-51-43(66)40(63)37(60)24(5)75-51)44(67)46(26(7)77-54)80-53-47(41(64)38(61)25(6)76-53)81-50-42(65)39(62)36(59)23(4)74-50;/h14,21-27,29-32,34-54,59-70H,11-13,15-20H2,1-10H3,(H,71,72,73);/q;+1/p-1/t22-,23-,24-,25-,26-,27-,29+,30+,31-,32+,34-,35+,36+,37-,38+,39+,40+,41+,42-,43-,44+,45-,46-,47-,48-,49-,50+,51+,52+,53+,54+,55-,56-;/m1./s1. The van der Waals surface area contributed by atoms with Gasteiger partial charge in [-0.3, -0.25) is 4.79 Å². The predicted octanol–water partition coefficient (Wildman–Crippen LogP) is -4.33. The number of aliphatic hydroxyl groups is 12. The molecule has 0 aromatic carbocycles. The molecule has 5 heterocycles. The first kappa shape index (κ1) is 70.3. The molecule has 0 unspecified atom stereocenters. The number of allylic oxidation sites excluding steroid dienone is 2. The number of ketones is 1. The van der Waals surface area contributed by atoms with Crippen molar-refractivity contribution in [2.24, 2.45) is 46.3 Å². The molecule has 0 aromatic heterocycles. The third-order valence-corrected chi connectivity index (χ3v) is 22.1. The van der Waals surface area contributed by atoms with Crippen LogP contribution in [0, 0.1) is 46.3 Å². The fourth-order valence-corrected chi connectivity index (χ4v) is 16.8. The Morgan fingerprint density at radius 3 is 1.67 bits per heavy atom. The molecule has 5 aliphatic heterocycles. The minimum absolute atomic E-state index is 0. The molecule has 8 fully saturated rings. The van der Waals surface area contributed by atoms with Gasteiger partial charge in [0.2, 0.25) is 5.79 Å². The van der Waals surface area contributed by atoms with Crippen molar-refractivity contribution in [1.29, 1.82) is 0 Å². The largest absolute Gasteiger partial charge is 1.00 e. The third kappa shape index (κ3) is 13.5. The van der Waals surface area contributed by atoms with E-state index in [1.165, 1.54) is 34.6 Å². The SMILES string of the molecule is CC(C)CC(=O)C[C@@H](C)[C@H]1CC[C@H]2[C@@H]3C[C@H](O[C@@H]4O[C@H](C)C(O)(O)[C@H](O[C@@H]5O[C@H](C)[C@@H](O[C@@H]6O[C@H](C)[C@H](O)[C@H](O)[C@H]6O[C@@H]6O[C@H](C)[C@H](O)[C@H](O)[C@H]6O)[C@H](O)[C@H]5O[C@@H]5O[C@H](C)[C@@H](O)[C@H](O)[C@H]5O)[C@H]4O)[C@H]4C[C@@H](S(=O)(=O)[O-])CC[C@]4(C)C3=CC[C@]12C.[Na+]. The summed E-state index contributed by atoms with van der Waals surface area (Å²) < 4.78 is 99.7. The van der Waals surface area contributed by atoms with Crippen molar-refractivity contribution in [1.82, 2.24) is 0 Å². The number of rotatable bonds is 16. The number of ether oxygens (including phenoxy) is 10. The molecule has 0 bridgehead atoms. The molecule has 0 amide bonds. The number of carbonyl (C=O) groups excluding carboxylic acids is 1. The number of aliphatic hydroxyl groups excluding tert-OH is 10. The van der Waals surface area contributed by atoms with Crippen LogP contribution in [0.2, 0.25) is 0 Å². The van der Waals surface area contributed by atoms with Gasteiger partial charge in [0.15, 0.2) is 31.5 Å². The van der Waals surface area contributed by atoms with Crippen molar-refractivity contribution in [3.05, 3.63) is 11.6 Å². The number of carbonyl (C=O) groups is 1. The van der Waals surface area contributed by atoms with E-state index in [-0.39, 0.29) is 83.2 Å². The van der Waals surface area contributed by atoms with Crippen LogP contribution in [0.5, 0.6) is 0 Å². The molecule has 9 rings (SSSR count). The second kappa shape index (κ2) is 26.8.